The van der Waals surface area contributed by atoms with Crippen LogP contribution in [0.4, 0.5) is 0 Å². The van der Waals surface area contributed by atoms with Crippen molar-refractivity contribution in [3.8, 4) is 0 Å². The van der Waals surface area contributed by atoms with Crippen molar-refractivity contribution in [2.45, 2.75) is 6.92 Å². The van der Waals surface area contributed by atoms with Crippen molar-refractivity contribution in [3.05, 3.63) is 75.8 Å². The van der Waals surface area contributed by atoms with E-state index in [4.69, 9.17) is 4.42 Å². The molecule has 1 N–H and O–H groups in total. The normalized spacial score (nSPS) is 11.8. The summed E-state index contributed by atoms with van der Waals surface area (Å²) in [7, 11) is 0. The number of aryl methyl sites for hydroxylation is 1. The lowest BCUT2D eigenvalue weighted by Crippen LogP contribution is -2.06. The third-order valence-corrected chi connectivity index (χ3v) is 3.21. The molecule has 0 unspecified atom stereocenters. The van der Waals surface area contributed by atoms with Crippen LogP contribution in [0.5, 0.6) is 0 Å². The van der Waals surface area contributed by atoms with Crippen LogP contribution in [0, 0.1) is 6.92 Å². The molecular formula is C17H13NO3. The molecule has 0 bridgehead atoms. The van der Waals surface area contributed by atoms with Crippen molar-refractivity contribution in [2.75, 3.05) is 0 Å². The Hall–Kier alpha value is -2.88. The molecule has 0 saturated carbocycles. The van der Waals surface area contributed by atoms with E-state index in [1.807, 2.05) is 31.2 Å². The van der Waals surface area contributed by atoms with Gasteiger partial charge in [-0.3, -0.25) is 0 Å². The number of hydrogen-bond acceptors (Lipinski definition) is 4. The van der Waals surface area contributed by atoms with Gasteiger partial charge in [-0.2, -0.15) is 0 Å². The molecule has 0 radical (unpaired) electrons. The maximum absolute atomic E-state index is 11.9. The highest BCUT2D eigenvalue weighted by molar-refractivity contribution is 5.78. The van der Waals surface area contributed by atoms with E-state index in [2.05, 4.69) is 4.98 Å². The van der Waals surface area contributed by atoms with Crippen LogP contribution in [0.2, 0.25) is 0 Å². The number of nitrogens with zero attached hydrogens (tertiary/aromatic N) is 1. The zero-order chi connectivity index (χ0) is 14.8. The van der Waals surface area contributed by atoms with Gasteiger partial charge < -0.3 is 9.52 Å². The summed E-state index contributed by atoms with van der Waals surface area (Å²) in [5.74, 6) is -0.0109. The first-order valence-corrected chi connectivity index (χ1v) is 6.52. The predicted octanol–water partition coefficient (Wildman–Crippen LogP) is 3.55. The van der Waals surface area contributed by atoms with Gasteiger partial charge in [0.1, 0.15) is 11.3 Å². The molecule has 4 nitrogen and oxygen atoms in total. The lowest BCUT2D eigenvalue weighted by Gasteiger charge is -2.04. The Morgan fingerprint density at radius 3 is 2.67 bits per heavy atom. The first-order valence-electron chi connectivity index (χ1n) is 6.52. The molecule has 2 aromatic carbocycles. The number of benzene rings is 2. The Kier molecular flexibility index (Phi) is 3.28. The van der Waals surface area contributed by atoms with Crippen molar-refractivity contribution in [1.82, 2.24) is 4.98 Å². The van der Waals surface area contributed by atoms with Gasteiger partial charge in [0.05, 0.1) is 0 Å². The summed E-state index contributed by atoms with van der Waals surface area (Å²) in [4.78, 5) is 16.1. The molecule has 0 amide bonds. The topological polar surface area (TPSA) is 63.3 Å². The number of aliphatic hydroxyl groups excluding tert-OH is 1. The molecule has 3 rings (SSSR count). The van der Waals surface area contributed by atoms with E-state index in [9.17, 15) is 9.90 Å². The highest BCUT2D eigenvalue weighted by atomic mass is 16.4. The number of aromatic nitrogens is 1. The van der Waals surface area contributed by atoms with Crippen molar-refractivity contribution in [1.29, 1.82) is 0 Å². The van der Waals surface area contributed by atoms with Crippen LogP contribution < -0.4 is 5.63 Å². The molecule has 0 aliphatic carbocycles. The summed E-state index contributed by atoms with van der Waals surface area (Å²) in [6.07, 6.45) is 1.33. The van der Waals surface area contributed by atoms with Crippen LogP contribution >= 0.6 is 0 Å². The van der Waals surface area contributed by atoms with E-state index in [1.54, 1.807) is 24.3 Å². The minimum Gasteiger partial charge on any atom is -0.507 e. The lowest BCUT2D eigenvalue weighted by molar-refractivity contribution is 0.513. The Balaban J connectivity index is 2.13. The molecule has 1 aromatic heterocycles. The monoisotopic (exact) mass is 279 g/mol. The van der Waals surface area contributed by atoms with Crippen LogP contribution in [0.3, 0.4) is 0 Å². The van der Waals surface area contributed by atoms with E-state index >= 15 is 0 Å². The molecule has 21 heavy (non-hydrogen) atoms. The SMILES string of the molecule is Cc1ccccc1C(O)=Cc1nc2ccccc2oc1=O. The fourth-order valence-corrected chi connectivity index (χ4v) is 2.12. The molecule has 4 heteroatoms. The van der Waals surface area contributed by atoms with Crippen molar-refractivity contribution in [3.63, 3.8) is 0 Å². The lowest BCUT2D eigenvalue weighted by atomic mass is 10.1. The fraction of sp³-hybridized carbons (Fsp3) is 0.0588. The van der Waals surface area contributed by atoms with Crippen LogP contribution in [-0.4, -0.2) is 10.1 Å². The average Bonchev–Trinajstić information content (AvgIpc) is 2.48. The van der Waals surface area contributed by atoms with Gasteiger partial charge in [0.2, 0.25) is 0 Å². The standard InChI is InChI=1S/C17H13NO3/c1-11-6-2-3-7-12(11)15(19)10-14-17(20)21-16-9-5-4-8-13(16)18-14/h2-10,19H,1H3. The quantitative estimate of drug-likeness (QED) is 0.729. The summed E-state index contributed by atoms with van der Waals surface area (Å²) >= 11 is 0. The maximum Gasteiger partial charge on any atom is 0.362 e. The summed E-state index contributed by atoms with van der Waals surface area (Å²) in [5, 5.41) is 10.2. The molecule has 0 aliphatic rings. The second-order valence-electron chi connectivity index (χ2n) is 4.70. The van der Waals surface area contributed by atoms with Crippen LogP contribution in [-0.2, 0) is 0 Å². The third kappa shape index (κ3) is 2.56. The molecular weight excluding hydrogens is 266 g/mol. The van der Waals surface area contributed by atoms with E-state index in [-0.39, 0.29) is 11.5 Å². The summed E-state index contributed by atoms with van der Waals surface area (Å²) in [6, 6.07) is 14.4. The Bertz CT molecular complexity index is 894. The van der Waals surface area contributed by atoms with Crippen LogP contribution in [0.25, 0.3) is 22.9 Å². The Morgan fingerprint density at radius 1 is 1.14 bits per heavy atom. The molecule has 0 spiro atoms. The number of rotatable bonds is 2. The Labute approximate surface area is 121 Å². The minimum atomic E-state index is -0.575. The number of fused-ring (bicyclic) bond motifs is 1. The maximum atomic E-state index is 11.9. The number of para-hydroxylation sites is 2. The van der Waals surface area contributed by atoms with Gasteiger partial charge in [-0.25, -0.2) is 9.78 Å². The highest BCUT2D eigenvalue weighted by Crippen LogP contribution is 2.18. The van der Waals surface area contributed by atoms with Crippen molar-refractivity contribution in [2.24, 2.45) is 0 Å². The van der Waals surface area contributed by atoms with Crippen LogP contribution in [0.1, 0.15) is 16.8 Å². The molecule has 104 valence electrons. The average molecular weight is 279 g/mol. The summed E-state index contributed by atoms with van der Waals surface area (Å²) < 4.78 is 5.19. The zero-order valence-corrected chi connectivity index (χ0v) is 11.4. The number of hydrogen-bond donors (Lipinski definition) is 1. The smallest absolute Gasteiger partial charge is 0.362 e. The van der Waals surface area contributed by atoms with Crippen LogP contribution in [0.15, 0.2) is 57.7 Å². The van der Waals surface area contributed by atoms with E-state index in [0.717, 1.165) is 5.56 Å². The van der Waals surface area contributed by atoms with Gasteiger partial charge in [0.25, 0.3) is 0 Å². The molecule has 0 saturated heterocycles. The molecule has 3 aromatic rings. The fourth-order valence-electron chi connectivity index (χ4n) is 2.12. The first-order chi connectivity index (χ1) is 10.1. The van der Waals surface area contributed by atoms with Gasteiger partial charge in [-0.05, 0) is 24.6 Å². The first kappa shape index (κ1) is 13.1. The predicted molar refractivity (Wildman–Crippen MR) is 82.0 cm³/mol. The third-order valence-electron chi connectivity index (χ3n) is 3.21. The summed E-state index contributed by atoms with van der Waals surface area (Å²) in [5.41, 5.74) is 2.07. The van der Waals surface area contributed by atoms with Gasteiger partial charge in [-0.15, -0.1) is 0 Å². The summed E-state index contributed by atoms with van der Waals surface area (Å²) in [6.45, 7) is 1.88. The second-order valence-corrected chi connectivity index (χ2v) is 4.70. The minimum absolute atomic E-state index is 0.0109. The molecule has 0 fully saturated rings. The van der Waals surface area contributed by atoms with E-state index in [0.29, 0.717) is 16.7 Å². The van der Waals surface area contributed by atoms with E-state index < -0.39 is 5.63 Å². The zero-order valence-electron chi connectivity index (χ0n) is 11.4. The number of aliphatic hydroxyl groups is 1. The molecule has 0 aliphatic heterocycles. The molecule has 1 heterocycles. The van der Waals surface area contributed by atoms with Gasteiger partial charge in [0.15, 0.2) is 11.3 Å². The largest absolute Gasteiger partial charge is 0.507 e. The van der Waals surface area contributed by atoms with E-state index in [1.165, 1.54) is 6.08 Å². The Morgan fingerprint density at radius 2 is 1.86 bits per heavy atom. The van der Waals surface area contributed by atoms with Crippen molar-refractivity contribution >= 4 is 22.9 Å². The molecule has 0 atom stereocenters. The highest BCUT2D eigenvalue weighted by Gasteiger charge is 2.08. The van der Waals surface area contributed by atoms with Gasteiger partial charge in [0, 0.05) is 11.6 Å². The second kappa shape index (κ2) is 5.25. The van der Waals surface area contributed by atoms with Crippen molar-refractivity contribution < 1.29 is 9.52 Å². The van der Waals surface area contributed by atoms with Gasteiger partial charge >= 0.3 is 5.63 Å². The van der Waals surface area contributed by atoms with Gasteiger partial charge in [-0.1, -0.05) is 36.4 Å².